The summed E-state index contributed by atoms with van der Waals surface area (Å²) in [6.07, 6.45) is 2.90. The van der Waals surface area contributed by atoms with Gasteiger partial charge in [0.25, 0.3) is 0 Å². The third-order valence-electron chi connectivity index (χ3n) is 3.92. The summed E-state index contributed by atoms with van der Waals surface area (Å²) in [5.41, 5.74) is 7.77. The van der Waals surface area contributed by atoms with Gasteiger partial charge in [0, 0.05) is 36.6 Å². The van der Waals surface area contributed by atoms with Crippen molar-refractivity contribution in [2.75, 3.05) is 23.3 Å². The van der Waals surface area contributed by atoms with Crippen LogP contribution in [0.25, 0.3) is 0 Å². The van der Waals surface area contributed by atoms with Crippen molar-refractivity contribution in [3.05, 3.63) is 41.8 Å². The lowest BCUT2D eigenvalue weighted by molar-refractivity contribution is 0.628. The maximum atomic E-state index is 13.0. The first kappa shape index (κ1) is 15.7. The molecular formula is C17H22FN5. The van der Waals surface area contributed by atoms with Gasteiger partial charge in [0.05, 0.1) is 0 Å². The highest BCUT2D eigenvalue weighted by molar-refractivity contribution is 5.56. The molecule has 0 spiro atoms. The summed E-state index contributed by atoms with van der Waals surface area (Å²) in [7, 11) is 0. The summed E-state index contributed by atoms with van der Waals surface area (Å²) in [5.74, 6) is 1.18. The van der Waals surface area contributed by atoms with E-state index >= 15 is 0 Å². The number of benzene rings is 1. The molecule has 5 nitrogen and oxygen atoms in total. The molecule has 0 aliphatic carbocycles. The van der Waals surface area contributed by atoms with E-state index in [1.807, 2.05) is 6.07 Å². The zero-order valence-electron chi connectivity index (χ0n) is 13.3. The first-order valence-corrected chi connectivity index (χ1v) is 8.05. The second-order valence-corrected chi connectivity index (χ2v) is 5.92. The Hall–Kier alpha value is -2.21. The molecule has 1 saturated heterocycles. The zero-order chi connectivity index (χ0) is 16.2. The number of nitrogens with zero attached hydrogens (tertiary/aromatic N) is 3. The molecule has 0 amide bonds. The van der Waals surface area contributed by atoms with Crippen molar-refractivity contribution in [3.8, 4) is 0 Å². The number of rotatable bonds is 5. The monoisotopic (exact) mass is 315 g/mol. The summed E-state index contributed by atoms with van der Waals surface area (Å²) in [5, 5.41) is 3.16. The van der Waals surface area contributed by atoms with Crippen molar-refractivity contribution in [1.82, 2.24) is 9.97 Å². The smallest absolute Gasteiger partial charge is 0.229 e. The molecule has 122 valence electrons. The van der Waals surface area contributed by atoms with E-state index in [2.05, 4.69) is 27.1 Å². The van der Waals surface area contributed by atoms with E-state index in [-0.39, 0.29) is 11.9 Å². The molecule has 1 aliphatic heterocycles. The zero-order valence-corrected chi connectivity index (χ0v) is 13.3. The van der Waals surface area contributed by atoms with Gasteiger partial charge < -0.3 is 16.0 Å². The molecule has 0 saturated carbocycles. The topological polar surface area (TPSA) is 67.1 Å². The van der Waals surface area contributed by atoms with Crippen LogP contribution >= 0.6 is 0 Å². The quantitative estimate of drug-likeness (QED) is 0.888. The Morgan fingerprint density at radius 3 is 2.74 bits per heavy atom. The van der Waals surface area contributed by atoms with E-state index in [0.29, 0.717) is 5.95 Å². The van der Waals surface area contributed by atoms with Crippen LogP contribution in [0.4, 0.5) is 21.8 Å². The minimum Gasteiger partial charge on any atom is -0.355 e. The number of aromatic nitrogens is 2. The maximum absolute atomic E-state index is 13.0. The minimum absolute atomic E-state index is 0.202. The van der Waals surface area contributed by atoms with E-state index in [0.717, 1.165) is 49.6 Å². The second-order valence-electron chi connectivity index (χ2n) is 5.92. The van der Waals surface area contributed by atoms with Gasteiger partial charge in [-0.1, -0.05) is 13.3 Å². The minimum atomic E-state index is -0.261. The molecule has 2 heterocycles. The third-order valence-corrected chi connectivity index (χ3v) is 3.92. The molecule has 3 N–H and O–H groups in total. The molecule has 2 aromatic rings. The van der Waals surface area contributed by atoms with Crippen molar-refractivity contribution in [1.29, 1.82) is 0 Å². The van der Waals surface area contributed by atoms with Crippen molar-refractivity contribution in [2.24, 2.45) is 5.73 Å². The van der Waals surface area contributed by atoms with Gasteiger partial charge in [-0.05, 0) is 37.1 Å². The lowest BCUT2D eigenvalue weighted by Gasteiger charge is -2.18. The largest absolute Gasteiger partial charge is 0.355 e. The van der Waals surface area contributed by atoms with Crippen LogP contribution in [-0.2, 0) is 6.42 Å². The highest BCUT2D eigenvalue weighted by Crippen LogP contribution is 2.22. The van der Waals surface area contributed by atoms with Crippen LogP contribution < -0.4 is 16.0 Å². The number of halogens is 1. The fourth-order valence-electron chi connectivity index (χ4n) is 2.74. The number of nitrogens with one attached hydrogen (secondary N) is 1. The fourth-order valence-corrected chi connectivity index (χ4v) is 2.74. The van der Waals surface area contributed by atoms with E-state index in [1.54, 1.807) is 12.1 Å². The molecule has 1 aromatic heterocycles. The first-order chi connectivity index (χ1) is 11.1. The van der Waals surface area contributed by atoms with Gasteiger partial charge in [-0.15, -0.1) is 0 Å². The van der Waals surface area contributed by atoms with Crippen LogP contribution in [-0.4, -0.2) is 29.1 Å². The van der Waals surface area contributed by atoms with Gasteiger partial charge in [0.2, 0.25) is 5.95 Å². The average Bonchev–Trinajstić information content (AvgIpc) is 2.96. The summed E-state index contributed by atoms with van der Waals surface area (Å²) in [4.78, 5) is 11.4. The van der Waals surface area contributed by atoms with E-state index < -0.39 is 0 Å². The van der Waals surface area contributed by atoms with E-state index in [1.165, 1.54) is 12.1 Å². The number of nitrogens with two attached hydrogens (primary N) is 1. The summed E-state index contributed by atoms with van der Waals surface area (Å²) < 4.78 is 13.0. The molecule has 1 aromatic carbocycles. The van der Waals surface area contributed by atoms with Gasteiger partial charge in [0.15, 0.2) is 0 Å². The molecule has 0 radical (unpaired) electrons. The Morgan fingerprint density at radius 2 is 2.09 bits per heavy atom. The SMILES string of the molecule is CCCc1cc(N2CCC(N)C2)nc(Nc2ccc(F)cc2)n1. The standard InChI is InChI=1S/C17H22FN5/c1-2-3-15-10-16(23-9-8-13(19)11-23)22-17(21-15)20-14-6-4-12(18)5-7-14/h4-7,10,13H,2-3,8-9,11,19H2,1H3,(H,20,21,22). The molecule has 1 atom stereocenters. The second kappa shape index (κ2) is 6.91. The van der Waals surface area contributed by atoms with Gasteiger partial charge in [-0.25, -0.2) is 9.37 Å². The highest BCUT2D eigenvalue weighted by atomic mass is 19.1. The van der Waals surface area contributed by atoms with Crippen LogP contribution in [0, 0.1) is 5.82 Å². The summed E-state index contributed by atoms with van der Waals surface area (Å²) in [6, 6.07) is 8.43. The third kappa shape index (κ3) is 3.96. The van der Waals surface area contributed by atoms with Gasteiger partial charge in [0.1, 0.15) is 11.6 Å². The highest BCUT2D eigenvalue weighted by Gasteiger charge is 2.21. The number of aryl methyl sites for hydroxylation is 1. The number of hydrogen-bond donors (Lipinski definition) is 2. The Labute approximate surface area is 135 Å². The predicted octanol–water partition coefficient (Wildman–Crippen LogP) is 2.85. The number of anilines is 3. The molecule has 0 bridgehead atoms. The van der Waals surface area contributed by atoms with Gasteiger partial charge in [-0.2, -0.15) is 4.98 Å². The Bertz CT molecular complexity index is 659. The molecule has 1 unspecified atom stereocenters. The van der Waals surface area contributed by atoms with Crippen LogP contribution in [0.15, 0.2) is 30.3 Å². The lowest BCUT2D eigenvalue weighted by atomic mass is 10.2. The molecule has 23 heavy (non-hydrogen) atoms. The molecule has 3 rings (SSSR count). The van der Waals surface area contributed by atoms with Crippen LogP contribution in [0.1, 0.15) is 25.5 Å². The van der Waals surface area contributed by atoms with Crippen LogP contribution in [0.5, 0.6) is 0 Å². The summed E-state index contributed by atoms with van der Waals surface area (Å²) >= 11 is 0. The van der Waals surface area contributed by atoms with Crippen LogP contribution in [0.3, 0.4) is 0 Å². The maximum Gasteiger partial charge on any atom is 0.229 e. The molecule has 1 aliphatic rings. The predicted molar refractivity (Wildman–Crippen MR) is 90.5 cm³/mol. The van der Waals surface area contributed by atoms with Gasteiger partial charge in [-0.3, -0.25) is 0 Å². The Kier molecular flexibility index (Phi) is 4.71. The van der Waals surface area contributed by atoms with Crippen molar-refractivity contribution in [2.45, 2.75) is 32.2 Å². The normalized spacial score (nSPS) is 17.5. The molecule has 6 heteroatoms. The van der Waals surface area contributed by atoms with Crippen molar-refractivity contribution in [3.63, 3.8) is 0 Å². The van der Waals surface area contributed by atoms with Gasteiger partial charge >= 0.3 is 0 Å². The number of hydrogen-bond acceptors (Lipinski definition) is 5. The van der Waals surface area contributed by atoms with Crippen molar-refractivity contribution < 1.29 is 4.39 Å². The van der Waals surface area contributed by atoms with Crippen molar-refractivity contribution >= 4 is 17.5 Å². The van der Waals surface area contributed by atoms with E-state index in [9.17, 15) is 4.39 Å². The Morgan fingerprint density at radius 1 is 1.30 bits per heavy atom. The fraction of sp³-hybridized carbons (Fsp3) is 0.412. The molecule has 1 fully saturated rings. The average molecular weight is 315 g/mol. The van der Waals surface area contributed by atoms with E-state index in [4.69, 9.17) is 5.73 Å². The Balaban J connectivity index is 1.86. The van der Waals surface area contributed by atoms with Crippen LogP contribution in [0.2, 0.25) is 0 Å². The first-order valence-electron chi connectivity index (χ1n) is 8.05. The lowest BCUT2D eigenvalue weighted by Crippen LogP contribution is -2.27. The summed E-state index contributed by atoms with van der Waals surface area (Å²) in [6.45, 7) is 3.86. The molecular weight excluding hydrogens is 293 g/mol.